The Kier molecular flexibility index (Phi) is 66.2. The van der Waals surface area contributed by atoms with Crippen LogP contribution in [0.3, 0.4) is 0 Å². The quantitative estimate of drug-likeness (QED) is 0.0261. The van der Waals surface area contributed by atoms with Gasteiger partial charge in [-0.3, -0.25) is 14.4 Å². The molecule has 81 heavy (non-hydrogen) atoms. The minimum absolute atomic E-state index is 0.0802. The molecule has 0 aromatic rings. The van der Waals surface area contributed by atoms with Crippen LogP contribution in [0.15, 0.2) is 85.1 Å². The molecule has 0 saturated carbocycles. The number of rotatable bonds is 64. The predicted molar refractivity (Wildman–Crippen MR) is 353 cm³/mol. The number of carbonyl (C=O) groups is 3. The molecule has 0 saturated heterocycles. The van der Waals surface area contributed by atoms with E-state index in [4.69, 9.17) is 14.2 Å². The van der Waals surface area contributed by atoms with Gasteiger partial charge in [-0.1, -0.05) is 305 Å². The first-order chi connectivity index (χ1) is 40.0. The molecule has 0 heterocycles. The van der Waals surface area contributed by atoms with Crippen molar-refractivity contribution in [3.8, 4) is 0 Å². The maximum Gasteiger partial charge on any atom is 0.306 e. The van der Waals surface area contributed by atoms with Crippen LogP contribution >= 0.6 is 0 Å². The summed E-state index contributed by atoms with van der Waals surface area (Å²) < 4.78 is 16.9. The molecule has 0 aliphatic heterocycles. The van der Waals surface area contributed by atoms with Gasteiger partial charge in [-0.25, -0.2) is 0 Å². The number of esters is 3. The van der Waals surface area contributed by atoms with E-state index in [1.165, 1.54) is 212 Å². The Labute approximate surface area is 503 Å². The Morgan fingerprint density at radius 3 is 0.778 bits per heavy atom. The van der Waals surface area contributed by atoms with Gasteiger partial charge in [-0.05, 0) is 116 Å². The lowest BCUT2D eigenvalue weighted by atomic mass is 10.0. The Hall–Kier alpha value is -3.41. The number of hydrogen-bond acceptors (Lipinski definition) is 6. The minimum Gasteiger partial charge on any atom is -0.462 e. The molecule has 0 aromatic carbocycles. The summed E-state index contributed by atoms with van der Waals surface area (Å²) >= 11 is 0. The first-order valence-corrected chi connectivity index (χ1v) is 35.1. The van der Waals surface area contributed by atoms with Gasteiger partial charge < -0.3 is 14.2 Å². The molecule has 0 fully saturated rings. The highest BCUT2D eigenvalue weighted by Gasteiger charge is 2.19. The minimum atomic E-state index is -0.785. The average Bonchev–Trinajstić information content (AvgIpc) is 3.46. The number of allylic oxidation sites excluding steroid dienone is 14. The van der Waals surface area contributed by atoms with Crippen LogP contribution in [0.25, 0.3) is 0 Å². The van der Waals surface area contributed by atoms with E-state index in [1.54, 1.807) is 0 Å². The van der Waals surface area contributed by atoms with Gasteiger partial charge in [-0.15, -0.1) is 0 Å². The third-order valence-electron chi connectivity index (χ3n) is 15.4. The van der Waals surface area contributed by atoms with Gasteiger partial charge in [0.2, 0.25) is 0 Å². The normalized spacial score (nSPS) is 12.6. The van der Waals surface area contributed by atoms with E-state index in [1.807, 2.05) is 0 Å². The van der Waals surface area contributed by atoms with E-state index in [0.29, 0.717) is 19.3 Å². The Morgan fingerprint density at radius 1 is 0.259 bits per heavy atom. The summed E-state index contributed by atoms with van der Waals surface area (Å²) in [5.41, 5.74) is 0. The molecule has 0 amide bonds. The van der Waals surface area contributed by atoms with Gasteiger partial charge >= 0.3 is 17.9 Å². The van der Waals surface area contributed by atoms with Crippen LogP contribution in [0.5, 0.6) is 0 Å². The topological polar surface area (TPSA) is 78.9 Å². The van der Waals surface area contributed by atoms with Gasteiger partial charge in [0.1, 0.15) is 13.2 Å². The Bertz CT molecular complexity index is 1530. The van der Waals surface area contributed by atoms with Crippen LogP contribution in [-0.2, 0) is 28.6 Å². The van der Waals surface area contributed by atoms with Gasteiger partial charge in [0.15, 0.2) is 6.10 Å². The summed E-state index contributed by atoms with van der Waals surface area (Å²) in [6.07, 6.45) is 91.9. The van der Waals surface area contributed by atoms with Crippen LogP contribution in [0.1, 0.15) is 355 Å². The lowest BCUT2D eigenvalue weighted by Crippen LogP contribution is -2.30. The molecular formula is C75H132O6. The molecule has 0 aromatic heterocycles. The van der Waals surface area contributed by atoms with Gasteiger partial charge in [-0.2, -0.15) is 0 Å². The van der Waals surface area contributed by atoms with Crippen LogP contribution in [0.2, 0.25) is 0 Å². The monoisotopic (exact) mass is 1130 g/mol. The Morgan fingerprint density at radius 2 is 0.481 bits per heavy atom. The molecule has 0 aliphatic carbocycles. The van der Waals surface area contributed by atoms with E-state index in [2.05, 4.69) is 106 Å². The molecule has 1 unspecified atom stereocenters. The van der Waals surface area contributed by atoms with Gasteiger partial charge in [0.25, 0.3) is 0 Å². The van der Waals surface area contributed by atoms with E-state index < -0.39 is 6.10 Å². The van der Waals surface area contributed by atoms with Crippen LogP contribution in [-0.4, -0.2) is 37.2 Å². The second kappa shape index (κ2) is 69.1. The standard InChI is InChI=1S/C75H132O6/c1-4-7-10-13-16-19-22-25-27-29-30-31-32-33-34-35-36-37-38-39-40-41-42-43-44-46-47-50-53-56-59-62-65-68-74(77)80-71-72(70-79-73(76)67-64-61-58-55-52-49-24-21-18-15-12-9-6-3)81-75(78)69-66-63-60-57-54-51-48-45-28-26-23-20-17-14-11-8-5-2/h8,11,17,20-22,24-26,28-30,32-33,72H,4-7,9-10,12-16,18-19,23,27,31,34-71H2,1-3H3/b11-8-,20-17-,24-21-,25-22-,28-26-,30-29-,33-32-. The summed E-state index contributed by atoms with van der Waals surface area (Å²) in [4.78, 5) is 38.4. The fraction of sp³-hybridized carbons (Fsp3) is 0.773. The first kappa shape index (κ1) is 77.6. The lowest BCUT2D eigenvalue weighted by molar-refractivity contribution is -0.167. The zero-order valence-corrected chi connectivity index (χ0v) is 53.8. The third kappa shape index (κ3) is 67.3. The van der Waals surface area contributed by atoms with Crippen molar-refractivity contribution in [3.05, 3.63) is 85.1 Å². The summed E-state index contributed by atoms with van der Waals surface area (Å²) in [5, 5.41) is 0. The van der Waals surface area contributed by atoms with Crippen molar-refractivity contribution in [2.75, 3.05) is 13.2 Å². The van der Waals surface area contributed by atoms with E-state index in [9.17, 15) is 14.4 Å². The zero-order valence-electron chi connectivity index (χ0n) is 53.8. The van der Waals surface area contributed by atoms with Crippen molar-refractivity contribution in [3.63, 3.8) is 0 Å². The maximum absolute atomic E-state index is 12.9. The molecule has 468 valence electrons. The van der Waals surface area contributed by atoms with Crippen molar-refractivity contribution < 1.29 is 28.6 Å². The van der Waals surface area contributed by atoms with Crippen molar-refractivity contribution in [2.45, 2.75) is 361 Å². The second-order valence-electron chi connectivity index (χ2n) is 23.4. The molecule has 1 atom stereocenters. The van der Waals surface area contributed by atoms with Gasteiger partial charge in [0.05, 0.1) is 0 Å². The zero-order chi connectivity index (χ0) is 58.5. The molecule has 0 rings (SSSR count). The summed E-state index contributed by atoms with van der Waals surface area (Å²) in [6.45, 7) is 6.53. The molecule has 0 bridgehead atoms. The molecule has 0 aliphatic rings. The summed E-state index contributed by atoms with van der Waals surface area (Å²) in [6, 6.07) is 0. The van der Waals surface area contributed by atoms with E-state index in [-0.39, 0.29) is 31.1 Å². The van der Waals surface area contributed by atoms with Crippen molar-refractivity contribution in [1.82, 2.24) is 0 Å². The highest BCUT2D eigenvalue weighted by molar-refractivity contribution is 5.71. The average molecular weight is 1130 g/mol. The maximum atomic E-state index is 12.9. The fourth-order valence-electron chi connectivity index (χ4n) is 10.1. The lowest BCUT2D eigenvalue weighted by Gasteiger charge is -2.18. The predicted octanol–water partition coefficient (Wildman–Crippen LogP) is 24.2. The SMILES string of the molecule is CC/C=C\C/C=C\C/C=C\CCCCCCCCCC(=O)OC(COC(=O)CCCCCCC/C=C\CCCCCC)COC(=O)CCCCCCCCCCCCCCCCCCCC/C=C\C/C=C\C/C=C\CCCCCCC. The molecule has 0 spiro atoms. The van der Waals surface area contributed by atoms with Crippen molar-refractivity contribution >= 4 is 17.9 Å². The van der Waals surface area contributed by atoms with E-state index >= 15 is 0 Å². The van der Waals surface area contributed by atoms with Crippen molar-refractivity contribution in [2.24, 2.45) is 0 Å². The number of hydrogen-bond donors (Lipinski definition) is 0. The highest BCUT2D eigenvalue weighted by atomic mass is 16.6. The van der Waals surface area contributed by atoms with Crippen LogP contribution in [0.4, 0.5) is 0 Å². The molecule has 0 radical (unpaired) electrons. The number of carbonyl (C=O) groups excluding carboxylic acids is 3. The van der Waals surface area contributed by atoms with E-state index in [0.717, 1.165) is 103 Å². The van der Waals surface area contributed by atoms with Crippen LogP contribution < -0.4 is 0 Å². The van der Waals surface area contributed by atoms with Crippen molar-refractivity contribution in [1.29, 1.82) is 0 Å². The fourth-order valence-corrected chi connectivity index (χ4v) is 10.1. The second-order valence-corrected chi connectivity index (χ2v) is 23.4. The molecule has 6 heteroatoms. The Balaban J connectivity index is 4.16. The summed E-state index contributed by atoms with van der Waals surface area (Å²) in [7, 11) is 0. The number of unbranched alkanes of at least 4 members (excludes halogenated alkanes) is 39. The van der Waals surface area contributed by atoms with Gasteiger partial charge in [0, 0.05) is 19.3 Å². The first-order valence-electron chi connectivity index (χ1n) is 35.1. The molecule has 6 nitrogen and oxygen atoms in total. The van der Waals surface area contributed by atoms with Crippen LogP contribution in [0, 0.1) is 0 Å². The number of ether oxygens (including phenoxy) is 3. The molecular weight excluding hydrogens is 997 g/mol. The molecule has 0 N–H and O–H groups in total. The summed E-state index contributed by atoms with van der Waals surface area (Å²) in [5.74, 6) is -0.883. The smallest absolute Gasteiger partial charge is 0.306 e. The third-order valence-corrected chi connectivity index (χ3v) is 15.4. The highest BCUT2D eigenvalue weighted by Crippen LogP contribution is 2.17. The largest absolute Gasteiger partial charge is 0.462 e.